The van der Waals surface area contributed by atoms with Gasteiger partial charge in [-0.2, -0.15) is 0 Å². The smallest absolute Gasteiger partial charge is 0.226 e. The Hall–Kier alpha value is -2.63. The number of aryl methyl sites for hydroxylation is 2. The van der Waals surface area contributed by atoms with Gasteiger partial charge in [-0.15, -0.1) is 0 Å². The quantitative estimate of drug-likeness (QED) is 0.537. The third-order valence-electron chi connectivity index (χ3n) is 6.14. The molecule has 2 heterocycles. The van der Waals surface area contributed by atoms with Gasteiger partial charge in [-0.1, -0.05) is 41.9 Å². The summed E-state index contributed by atoms with van der Waals surface area (Å²) in [5.41, 5.74) is 4.30. The summed E-state index contributed by atoms with van der Waals surface area (Å²) in [5.74, 6) is 1.67. The van der Waals surface area contributed by atoms with Crippen molar-refractivity contribution in [1.82, 2.24) is 15.2 Å². The molecule has 1 saturated heterocycles. The summed E-state index contributed by atoms with van der Waals surface area (Å²) in [6.45, 7) is 7.10. The summed E-state index contributed by atoms with van der Waals surface area (Å²) < 4.78 is 5.97. The number of aromatic nitrogens is 1. The third kappa shape index (κ3) is 5.59. The predicted octanol–water partition coefficient (Wildman–Crippen LogP) is 5.18. The van der Waals surface area contributed by atoms with Crippen molar-refractivity contribution >= 4 is 17.5 Å². The Labute approximate surface area is 194 Å². The number of halogens is 1. The fraction of sp³-hybridized carbons (Fsp3) is 0.385. The van der Waals surface area contributed by atoms with Crippen LogP contribution >= 0.6 is 11.6 Å². The molecule has 1 aliphatic rings. The number of nitrogens with zero attached hydrogens (tertiary/aromatic N) is 2. The van der Waals surface area contributed by atoms with E-state index < -0.39 is 0 Å². The lowest BCUT2D eigenvalue weighted by Crippen LogP contribution is -2.43. The molecular weight excluding hydrogens is 422 g/mol. The number of rotatable bonds is 7. The Bertz CT molecular complexity index is 1060. The SMILES string of the molecule is Cc1ccccc1-c1nc(CN2CCCC(C(=O)NCCc3ccc(Cl)cc3)C2)c(C)o1. The van der Waals surface area contributed by atoms with Gasteiger partial charge >= 0.3 is 0 Å². The summed E-state index contributed by atoms with van der Waals surface area (Å²) in [5, 5.41) is 3.84. The highest BCUT2D eigenvalue weighted by molar-refractivity contribution is 6.30. The number of amides is 1. The average molecular weight is 452 g/mol. The lowest BCUT2D eigenvalue weighted by molar-refractivity contribution is -0.126. The van der Waals surface area contributed by atoms with E-state index in [2.05, 4.69) is 23.2 Å². The van der Waals surface area contributed by atoms with E-state index in [0.29, 0.717) is 19.0 Å². The van der Waals surface area contributed by atoms with Gasteiger partial charge in [-0.05, 0) is 69.0 Å². The van der Waals surface area contributed by atoms with Crippen LogP contribution in [0, 0.1) is 19.8 Å². The second-order valence-electron chi connectivity index (χ2n) is 8.58. The number of hydrogen-bond donors (Lipinski definition) is 1. The van der Waals surface area contributed by atoms with Gasteiger partial charge in [-0.3, -0.25) is 9.69 Å². The van der Waals surface area contributed by atoms with Gasteiger partial charge < -0.3 is 9.73 Å². The van der Waals surface area contributed by atoms with Crippen molar-refractivity contribution in [3.05, 3.63) is 76.1 Å². The largest absolute Gasteiger partial charge is 0.441 e. The number of likely N-dealkylation sites (tertiary alicyclic amines) is 1. The number of hydrogen-bond acceptors (Lipinski definition) is 4. The molecule has 5 nitrogen and oxygen atoms in total. The molecule has 1 aromatic heterocycles. The summed E-state index contributed by atoms with van der Waals surface area (Å²) in [7, 11) is 0. The number of carbonyl (C=O) groups excluding carboxylic acids is 1. The second-order valence-corrected chi connectivity index (χ2v) is 9.02. The molecule has 4 rings (SSSR count). The van der Waals surface area contributed by atoms with E-state index in [4.69, 9.17) is 21.0 Å². The van der Waals surface area contributed by atoms with E-state index in [0.717, 1.165) is 60.0 Å². The zero-order chi connectivity index (χ0) is 22.5. The van der Waals surface area contributed by atoms with E-state index in [9.17, 15) is 4.79 Å². The number of carbonyl (C=O) groups is 1. The van der Waals surface area contributed by atoms with E-state index in [1.165, 1.54) is 5.56 Å². The molecule has 0 aliphatic carbocycles. The molecule has 1 fully saturated rings. The molecule has 32 heavy (non-hydrogen) atoms. The number of piperidine rings is 1. The zero-order valence-electron chi connectivity index (χ0n) is 18.7. The molecule has 168 valence electrons. The fourth-order valence-corrected chi connectivity index (χ4v) is 4.38. The van der Waals surface area contributed by atoms with Crippen LogP contribution in [0.15, 0.2) is 52.9 Å². The van der Waals surface area contributed by atoms with E-state index in [1.54, 1.807) is 0 Å². The molecule has 0 spiro atoms. The highest BCUT2D eigenvalue weighted by Crippen LogP contribution is 2.26. The number of benzene rings is 2. The minimum absolute atomic E-state index is 0.0111. The minimum Gasteiger partial charge on any atom is -0.441 e. The first-order valence-corrected chi connectivity index (χ1v) is 11.6. The molecule has 1 amide bonds. The van der Waals surface area contributed by atoms with Crippen molar-refractivity contribution in [3.63, 3.8) is 0 Å². The highest BCUT2D eigenvalue weighted by atomic mass is 35.5. The topological polar surface area (TPSA) is 58.4 Å². The molecule has 1 N–H and O–H groups in total. The molecule has 1 atom stereocenters. The lowest BCUT2D eigenvalue weighted by atomic mass is 9.97. The summed E-state index contributed by atoms with van der Waals surface area (Å²) >= 11 is 5.93. The first kappa shape index (κ1) is 22.6. The van der Waals surface area contributed by atoms with Gasteiger partial charge in [0.05, 0.1) is 11.6 Å². The van der Waals surface area contributed by atoms with Crippen LogP contribution in [0.2, 0.25) is 5.02 Å². The molecule has 0 radical (unpaired) electrons. The Morgan fingerprint density at radius 3 is 2.75 bits per heavy atom. The molecule has 3 aromatic rings. The van der Waals surface area contributed by atoms with Crippen LogP contribution in [-0.4, -0.2) is 35.4 Å². The van der Waals surface area contributed by atoms with Crippen molar-refractivity contribution in [1.29, 1.82) is 0 Å². The van der Waals surface area contributed by atoms with Crippen LogP contribution < -0.4 is 5.32 Å². The summed E-state index contributed by atoms with van der Waals surface area (Å²) in [6.07, 6.45) is 2.74. The van der Waals surface area contributed by atoms with E-state index in [1.807, 2.05) is 49.4 Å². The normalized spacial score (nSPS) is 16.8. The summed E-state index contributed by atoms with van der Waals surface area (Å²) in [6, 6.07) is 15.9. The van der Waals surface area contributed by atoms with Crippen LogP contribution in [0.4, 0.5) is 0 Å². The van der Waals surface area contributed by atoms with Crippen molar-refractivity contribution < 1.29 is 9.21 Å². The Morgan fingerprint density at radius 2 is 1.97 bits per heavy atom. The second kappa shape index (κ2) is 10.3. The predicted molar refractivity (Wildman–Crippen MR) is 128 cm³/mol. The van der Waals surface area contributed by atoms with Gasteiger partial charge in [0.1, 0.15) is 5.76 Å². The Balaban J connectivity index is 1.31. The molecule has 2 aromatic carbocycles. The average Bonchev–Trinajstić information content (AvgIpc) is 3.15. The molecule has 0 bridgehead atoms. The zero-order valence-corrected chi connectivity index (χ0v) is 19.5. The van der Waals surface area contributed by atoms with E-state index in [-0.39, 0.29) is 11.8 Å². The molecule has 1 aliphatic heterocycles. The third-order valence-corrected chi connectivity index (χ3v) is 6.40. The standard InChI is InChI=1S/C26H30ClN3O2/c1-18-6-3-4-8-23(18)26-29-24(19(2)32-26)17-30-15-5-7-21(16-30)25(31)28-14-13-20-9-11-22(27)12-10-20/h3-4,6,8-12,21H,5,7,13-17H2,1-2H3,(H,28,31). The van der Waals surface area contributed by atoms with E-state index >= 15 is 0 Å². The minimum atomic E-state index is 0.0111. The first-order chi connectivity index (χ1) is 15.5. The van der Waals surface area contributed by atoms with Gasteiger partial charge in [0, 0.05) is 30.2 Å². The lowest BCUT2D eigenvalue weighted by Gasteiger charge is -2.31. The van der Waals surface area contributed by atoms with Crippen LogP contribution in [-0.2, 0) is 17.8 Å². The maximum Gasteiger partial charge on any atom is 0.226 e. The Morgan fingerprint density at radius 1 is 1.19 bits per heavy atom. The van der Waals surface area contributed by atoms with Crippen molar-refractivity contribution in [2.45, 2.75) is 39.7 Å². The first-order valence-electron chi connectivity index (χ1n) is 11.3. The van der Waals surface area contributed by atoms with Gasteiger partial charge in [0.15, 0.2) is 0 Å². The fourth-order valence-electron chi connectivity index (χ4n) is 4.25. The summed E-state index contributed by atoms with van der Waals surface area (Å²) in [4.78, 5) is 19.8. The van der Waals surface area contributed by atoms with Crippen molar-refractivity contribution in [3.8, 4) is 11.5 Å². The molecule has 6 heteroatoms. The molecule has 0 saturated carbocycles. The monoisotopic (exact) mass is 451 g/mol. The van der Waals surface area contributed by atoms with Crippen molar-refractivity contribution in [2.24, 2.45) is 5.92 Å². The maximum atomic E-state index is 12.7. The van der Waals surface area contributed by atoms with Crippen LogP contribution in [0.5, 0.6) is 0 Å². The number of nitrogens with one attached hydrogen (secondary N) is 1. The highest BCUT2D eigenvalue weighted by Gasteiger charge is 2.27. The van der Waals surface area contributed by atoms with Crippen LogP contribution in [0.3, 0.4) is 0 Å². The molecule has 1 unspecified atom stereocenters. The van der Waals surface area contributed by atoms with Crippen molar-refractivity contribution in [2.75, 3.05) is 19.6 Å². The van der Waals surface area contributed by atoms with Gasteiger partial charge in [0.2, 0.25) is 11.8 Å². The van der Waals surface area contributed by atoms with Crippen LogP contribution in [0.1, 0.15) is 35.4 Å². The van der Waals surface area contributed by atoms with Gasteiger partial charge in [0.25, 0.3) is 0 Å². The van der Waals surface area contributed by atoms with Gasteiger partial charge in [-0.25, -0.2) is 4.98 Å². The Kier molecular flexibility index (Phi) is 7.28. The molecular formula is C26H30ClN3O2. The maximum absolute atomic E-state index is 12.7. The number of oxazole rings is 1. The van der Waals surface area contributed by atoms with Crippen LogP contribution in [0.25, 0.3) is 11.5 Å².